The van der Waals surface area contributed by atoms with Crippen molar-refractivity contribution in [1.82, 2.24) is 0 Å². The molecule has 0 aromatic heterocycles. The van der Waals surface area contributed by atoms with Crippen molar-refractivity contribution in [1.29, 1.82) is 0 Å². The first-order valence-electron chi connectivity index (χ1n) is 11.1. The molecule has 154 valence electrons. The molecule has 2 rings (SSSR count). The SMILES string of the molecule is CCCCc1cc(O)c(C(CCC)c2cc(O)cc(CCCC)c2C)cc1C. The van der Waals surface area contributed by atoms with E-state index in [2.05, 4.69) is 40.7 Å². The Hall–Kier alpha value is -1.96. The largest absolute Gasteiger partial charge is 0.508 e. The van der Waals surface area contributed by atoms with Gasteiger partial charge in [-0.15, -0.1) is 0 Å². The van der Waals surface area contributed by atoms with E-state index in [4.69, 9.17) is 0 Å². The van der Waals surface area contributed by atoms with Crippen molar-refractivity contribution in [3.8, 4) is 11.5 Å². The van der Waals surface area contributed by atoms with Gasteiger partial charge in [0.25, 0.3) is 0 Å². The quantitative estimate of drug-likeness (QED) is 0.451. The zero-order chi connectivity index (χ0) is 20.7. The zero-order valence-electron chi connectivity index (χ0n) is 18.4. The van der Waals surface area contributed by atoms with Crippen molar-refractivity contribution in [3.05, 3.63) is 57.6 Å². The lowest BCUT2D eigenvalue weighted by atomic mass is 9.81. The van der Waals surface area contributed by atoms with Crippen LogP contribution in [0.25, 0.3) is 0 Å². The van der Waals surface area contributed by atoms with Crippen LogP contribution in [0, 0.1) is 13.8 Å². The van der Waals surface area contributed by atoms with Gasteiger partial charge < -0.3 is 10.2 Å². The van der Waals surface area contributed by atoms with E-state index in [1.807, 2.05) is 18.2 Å². The third kappa shape index (κ3) is 5.31. The zero-order valence-corrected chi connectivity index (χ0v) is 18.4. The van der Waals surface area contributed by atoms with Crippen LogP contribution in [-0.4, -0.2) is 10.2 Å². The predicted molar refractivity (Wildman–Crippen MR) is 120 cm³/mol. The van der Waals surface area contributed by atoms with E-state index >= 15 is 0 Å². The van der Waals surface area contributed by atoms with Crippen LogP contribution >= 0.6 is 0 Å². The molecule has 2 nitrogen and oxygen atoms in total. The highest BCUT2D eigenvalue weighted by Gasteiger charge is 2.22. The molecule has 0 bridgehead atoms. The molecule has 0 saturated carbocycles. The summed E-state index contributed by atoms with van der Waals surface area (Å²) in [6, 6.07) is 7.97. The summed E-state index contributed by atoms with van der Waals surface area (Å²) >= 11 is 0. The van der Waals surface area contributed by atoms with E-state index in [1.165, 1.54) is 22.3 Å². The number of phenols is 2. The van der Waals surface area contributed by atoms with Crippen molar-refractivity contribution in [2.45, 2.75) is 91.9 Å². The van der Waals surface area contributed by atoms with Crippen molar-refractivity contribution < 1.29 is 10.2 Å². The van der Waals surface area contributed by atoms with Crippen LogP contribution in [0.2, 0.25) is 0 Å². The third-order valence-electron chi connectivity index (χ3n) is 5.95. The van der Waals surface area contributed by atoms with Crippen LogP contribution in [0.4, 0.5) is 0 Å². The molecule has 0 radical (unpaired) electrons. The Balaban J connectivity index is 2.51. The molecule has 2 aromatic carbocycles. The molecule has 2 N–H and O–H groups in total. The maximum Gasteiger partial charge on any atom is 0.119 e. The highest BCUT2D eigenvalue weighted by Crippen LogP contribution is 2.40. The maximum atomic E-state index is 10.9. The van der Waals surface area contributed by atoms with Gasteiger partial charge >= 0.3 is 0 Å². The van der Waals surface area contributed by atoms with Crippen LogP contribution in [0.3, 0.4) is 0 Å². The van der Waals surface area contributed by atoms with Crippen molar-refractivity contribution in [3.63, 3.8) is 0 Å². The van der Waals surface area contributed by atoms with Crippen molar-refractivity contribution >= 4 is 0 Å². The molecular weight excluding hydrogens is 344 g/mol. The number of aryl methyl sites for hydroxylation is 3. The first-order valence-corrected chi connectivity index (χ1v) is 11.1. The van der Waals surface area contributed by atoms with E-state index < -0.39 is 0 Å². The fourth-order valence-corrected chi connectivity index (χ4v) is 4.22. The Morgan fingerprint density at radius 2 is 1.39 bits per heavy atom. The average Bonchev–Trinajstić information content (AvgIpc) is 2.67. The molecule has 0 aliphatic heterocycles. The Labute approximate surface area is 171 Å². The van der Waals surface area contributed by atoms with Gasteiger partial charge in [-0.1, -0.05) is 46.1 Å². The molecule has 1 unspecified atom stereocenters. The molecule has 2 aromatic rings. The molecule has 2 heteroatoms. The third-order valence-corrected chi connectivity index (χ3v) is 5.95. The minimum absolute atomic E-state index is 0.108. The van der Waals surface area contributed by atoms with Gasteiger partial charge in [0, 0.05) is 11.5 Å². The van der Waals surface area contributed by atoms with Crippen molar-refractivity contribution in [2.24, 2.45) is 0 Å². The number of benzene rings is 2. The lowest BCUT2D eigenvalue weighted by molar-refractivity contribution is 0.459. The molecule has 0 spiro atoms. The number of phenolic OH excluding ortho intramolecular Hbond substituents is 2. The summed E-state index contributed by atoms with van der Waals surface area (Å²) in [5.41, 5.74) is 7.14. The molecular formula is C26H38O2. The van der Waals surface area contributed by atoms with Crippen LogP contribution in [0.5, 0.6) is 11.5 Å². The van der Waals surface area contributed by atoms with Gasteiger partial charge in [0.05, 0.1) is 0 Å². The molecule has 1 atom stereocenters. The van der Waals surface area contributed by atoms with Crippen LogP contribution in [-0.2, 0) is 12.8 Å². The molecule has 0 heterocycles. The molecule has 0 saturated heterocycles. The highest BCUT2D eigenvalue weighted by atomic mass is 16.3. The van der Waals surface area contributed by atoms with Crippen LogP contribution in [0.1, 0.15) is 98.6 Å². The van der Waals surface area contributed by atoms with Gasteiger partial charge in [0.2, 0.25) is 0 Å². The molecule has 28 heavy (non-hydrogen) atoms. The molecule has 0 fully saturated rings. The molecule has 0 amide bonds. The van der Waals surface area contributed by atoms with E-state index in [0.29, 0.717) is 11.5 Å². The summed E-state index contributed by atoms with van der Waals surface area (Å²) in [5.74, 6) is 0.841. The number of hydrogen-bond donors (Lipinski definition) is 2. The number of unbranched alkanes of at least 4 members (excludes halogenated alkanes) is 2. The Bertz CT molecular complexity index is 776. The number of aromatic hydroxyl groups is 2. The maximum absolute atomic E-state index is 10.9. The average molecular weight is 383 g/mol. The van der Waals surface area contributed by atoms with E-state index in [0.717, 1.165) is 62.5 Å². The minimum Gasteiger partial charge on any atom is -0.508 e. The number of hydrogen-bond acceptors (Lipinski definition) is 2. The van der Waals surface area contributed by atoms with Crippen LogP contribution < -0.4 is 0 Å². The van der Waals surface area contributed by atoms with Gasteiger partial charge in [-0.2, -0.15) is 0 Å². The topological polar surface area (TPSA) is 40.5 Å². The summed E-state index contributed by atoms with van der Waals surface area (Å²) in [4.78, 5) is 0. The van der Waals surface area contributed by atoms with E-state index in [-0.39, 0.29) is 5.92 Å². The second-order valence-electron chi connectivity index (χ2n) is 8.20. The van der Waals surface area contributed by atoms with Crippen molar-refractivity contribution in [2.75, 3.05) is 0 Å². The Kier molecular flexibility index (Phi) is 8.41. The summed E-state index contributed by atoms with van der Waals surface area (Å²) in [5, 5.41) is 21.3. The normalized spacial score (nSPS) is 12.3. The van der Waals surface area contributed by atoms with Crippen LogP contribution in [0.15, 0.2) is 24.3 Å². The molecule has 0 aliphatic rings. The van der Waals surface area contributed by atoms with E-state index in [9.17, 15) is 10.2 Å². The lowest BCUT2D eigenvalue weighted by Crippen LogP contribution is -2.07. The van der Waals surface area contributed by atoms with Gasteiger partial charge in [-0.05, 0) is 92.0 Å². The summed E-state index contributed by atoms with van der Waals surface area (Å²) in [6.07, 6.45) is 8.55. The summed E-state index contributed by atoms with van der Waals surface area (Å²) < 4.78 is 0. The van der Waals surface area contributed by atoms with Gasteiger partial charge in [0.15, 0.2) is 0 Å². The van der Waals surface area contributed by atoms with Gasteiger partial charge in [-0.25, -0.2) is 0 Å². The van der Waals surface area contributed by atoms with Gasteiger partial charge in [-0.3, -0.25) is 0 Å². The predicted octanol–water partition coefficient (Wildman–Crippen LogP) is 7.33. The van der Waals surface area contributed by atoms with Gasteiger partial charge in [0.1, 0.15) is 11.5 Å². The second kappa shape index (κ2) is 10.5. The fourth-order valence-electron chi connectivity index (χ4n) is 4.22. The highest BCUT2D eigenvalue weighted by molar-refractivity contribution is 5.51. The smallest absolute Gasteiger partial charge is 0.119 e. The fraction of sp³-hybridized carbons (Fsp3) is 0.538. The lowest BCUT2D eigenvalue weighted by Gasteiger charge is -2.24. The number of rotatable bonds is 10. The molecule has 0 aliphatic carbocycles. The first-order chi connectivity index (χ1) is 13.4. The Morgan fingerprint density at radius 1 is 0.750 bits per heavy atom. The second-order valence-corrected chi connectivity index (χ2v) is 8.20. The minimum atomic E-state index is 0.108. The van der Waals surface area contributed by atoms with E-state index in [1.54, 1.807) is 0 Å². The summed E-state index contributed by atoms with van der Waals surface area (Å²) in [7, 11) is 0. The monoisotopic (exact) mass is 382 g/mol. The first kappa shape index (κ1) is 22.3. The standard InChI is InChI=1S/C26H38O2/c1-6-9-12-20-16-26(28)25(14-18(20)4)23(11-8-3)24-17-22(27)15-21(19(24)5)13-10-7-2/h14-17,23,27-28H,6-13H2,1-5H3. The Morgan fingerprint density at radius 3 is 2.00 bits per heavy atom. The summed E-state index contributed by atoms with van der Waals surface area (Å²) in [6.45, 7) is 10.9.